The Labute approximate surface area is 214 Å². The minimum atomic E-state index is 0.954. The van der Waals surface area contributed by atoms with E-state index in [-0.39, 0.29) is 0 Å². The topological polar surface area (TPSA) is 13.1 Å². The van der Waals surface area contributed by atoms with Crippen LogP contribution in [0.4, 0.5) is 0 Å². The Morgan fingerprint density at radius 2 is 1.35 bits per heavy atom. The molecule has 1 aromatic heterocycles. The highest BCUT2D eigenvalue weighted by Gasteiger charge is 2.23. The van der Waals surface area contributed by atoms with Gasteiger partial charge in [-0.25, -0.2) is 0 Å². The van der Waals surface area contributed by atoms with E-state index < -0.39 is 0 Å². The van der Waals surface area contributed by atoms with E-state index in [4.69, 9.17) is 4.42 Å². The van der Waals surface area contributed by atoms with E-state index in [1.807, 2.05) is 0 Å². The average molecular weight is 473 g/mol. The number of allylic oxidation sites excluding steroid dienone is 2. The van der Waals surface area contributed by atoms with Crippen LogP contribution in [0.3, 0.4) is 0 Å². The number of hydrogen-bond acceptors (Lipinski definition) is 1. The second kappa shape index (κ2) is 7.11. The van der Waals surface area contributed by atoms with Crippen molar-refractivity contribution < 1.29 is 4.42 Å². The Balaban J connectivity index is 1.49. The molecule has 0 aliphatic heterocycles. The summed E-state index contributed by atoms with van der Waals surface area (Å²) in [5.41, 5.74) is 10.6. The van der Waals surface area contributed by atoms with E-state index in [0.29, 0.717) is 0 Å². The molecule has 0 atom stereocenters. The van der Waals surface area contributed by atoms with E-state index in [9.17, 15) is 0 Å². The van der Waals surface area contributed by atoms with Crippen LogP contribution in [0.25, 0.3) is 77.5 Å². The highest BCUT2D eigenvalue weighted by Crippen LogP contribution is 2.48. The lowest BCUT2D eigenvalue weighted by molar-refractivity contribution is 0.673. The van der Waals surface area contributed by atoms with Crippen LogP contribution in [0.2, 0.25) is 0 Å². The Kier molecular flexibility index (Phi) is 3.80. The van der Waals surface area contributed by atoms with Crippen LogP contribution in [0, 0.1) is 0 Å². The normalized spacial score (nSPS) is 14.9. The van der Waals surface area contributed by atoms with Crippen molar-refractivity contribution in [1.29, 1.82) is 0 Å². The largest absolute Gasteiger partial charge is 0.455 e. The van der Waals surface area contributed by atoms with Crippen LogP contribution in [0.15, 0.2) is 89.4 Å². The van der Waals surface area contributed by atoms with Crippen molar-refractivity contribution in [2.45, 2.75) is 25.7 Å². The molecule has 1 heterocycles. The van der Waals surface area contributed by atoms with E-state index in [1.54, 1.807) is 11.1 Å². The molecule has 6 aromatic carbocycles. The quantitative estimate of drug-likeness (QED) is 0.217. The van der Waals surface area contributed by atoms with Gasteiger partial charge in [0.1, 0.15) is 11.2 Å². The zero-order valence-corrected chi connectivity index (χ0v) is 20.5. The van der Waals surface area contributed by atoms with Crippen LogP contribution in [-0.4, -0.2) is 0 Å². The predicted octanol–water partition coefficient (Wildman–Crippen LogP) is 10.1. The van der Waals surface area contributed by atoms with Crippen LogP contribution in [0.1, 0.15) is 35.1 Å². The van der Waals surface area contributed by atoms with E-state index in [2.05, 4.69) is 97.1 Å². The Hall–Kier alpha value is -4.36. The van der Waals surface area contributed by atoms with Crippen LogP contribution < -0.4 is 0 Å². The zero-order valence-electron chi connectivity index (χ0n) is 20.5. The highest BCUT2D eigenvalue weighted by atomic mass is 16.3. The molecule has 0 spiro atoms. The Morgan fingerprint density at radius 1 is 0.568 bits per heavy atom. The minimum absolute atomic E-state index is 0.954. The number of fused-ring (bicyclic) bond motifs is 8. The third kappa shape index (κ3) is 2.54. The van der Waals surface area contributed by atoms with Crippen molar-refractivity contribution in [3.05, 3.63) is 107 Å². The summed E-state index contributed by atoms with van der Waals surface area (Å²) in [6, 6.07) is 26.9. The first-order chi connectivity index (χ1) is 18.4. The van der Waals surface area contributed by atoms with E-state index in [1.165, 1.54) is 65.3 Å². The summed E-state index contributed by atoms with van der Waals surface area (Å²) in [6.45, 7) is 0. The first-order valence-electron chi connectivity index (χ1n) is 13.4. The van der Waals surface area contributed by atoms with E-state index in [0.717, 1.165) is 36.8 Å². The van der Waals surface area contributed by atoms with Gasteiger partial charge in [-0.05, 0) is 98.8 Å². The van der Waals surface area contributed by atoms with Gasteiger partial charge in [0.05, 0.1) is 0 Å². The van der Waals surface area contributed by atoms with Gasteiger partial charge < -0.3 is 4.42 Å². The third-order valence-electron chi connectivity index (χ3n) is 8.73. The first kappa shape index (κ1) is 19.8. The molecule has 7 aromatic rings. The predicted molar refractivity (Wildman–Crippen MR) is 158 cm³/mol. The second-order valence-corrected chi connectivity index (χ2v) is 10.6. The molecule has 174 valence electrons. The van der Waals surface area contributed by atoms with Crippen molar-refractivity contribution in [3.63, 3.8) is 0 Å². The van der Waals surface area contributed by atoms with Crippen molar-refractivity contribution in [2.75, 3.05) is 0 Å². The maximum Gasteiger partial charge on any atom is 0.143 e. The first-order valence-corrected chi connectivity index (χ1v) is 13.4. The molecule has 0 N–H and O–H groups in total. The van der Waals surface area contributed by atoms with Crippen molar-refractivity contribution >= 4 is 66.4 Å². The van der Waals surface area contributed by atoms with Crippen molar-refractivity contribution in [3.8, 4) is 11.1 Å². The smallest absolute Gasteiger partial charge is 0.143 e. The molecule has 2 aliphatic carbocycles. The SMILES string of the molecule is C1=Cc2cc(-c3cc4cccc5c6c7ccccc7oc6c6cccc3c6c45)c3c(c2CC1)CCC=C3. The van der Waals surface area contributed by atoms with E-state index >= 15 is 0 Å². The fraction of sp³-hybridized carbons (Fsp3) is 0.111. The van der Waals surface area contributed by atoms with Gasteiger partial charge in [-0.1, -0.05) is 78.9 Å². The fourth-order valence-electron chi connectivity index (χ4n) is 7.20. The number of benzene rings is 6. The molecule has 2 aliphatic rings. The molecule has 1 heteroatoms. The van der Waals surface area contributed by atoms with Crippen molar-refractivity contribution in [2.24, 2.45) is 0 Å². The van der Waals surface area contributed by atoms with Crippen LogP contribution in [-0.2, 0) is 12.8 Å². The van der Waals surface area contributed by atoms with Gasteiger partial charge in [0, 0.05) is 21.5 Å². The summed E-state index contributed by atoms with van der Waals surface area (Å²) in [6.07, 6.45) is 14.0. The lowest BCUT2D eigenvalue weighted by atomic mass is 9.79. The van der Waals surface area contributed by atoms with Crippen LogP contribution >= 0.6 is 0 Å². The van der Waals surface area contributed by atoms with Crippen LogP contribution in [0.5, 0.6) is 0 Å². The summed E-state index contributed by atoms with van der Waals surface area (Å²) in [7, 11) is 0. The van der Waals surface area contributed by atoms with Gasteiger partial charge in [-0.2, -0.15) is 0 Å². The molecule has 1 nitrogen and oxygen atoms in total. The van der Waals surface area contributed by atoms with Gasteiger partial charge in [0.25, 0.3) is 0 Å². The minimum Gasteiger partial charge on any atom is -0.455 e. The third-order valence-corrected chi connectivity index (χ3v) is 8.73. The Morgan fingerprint density at radius 3 is 2.32 bits per heavy atom. The molecule has 37 heavy (non-hydrogen) atoms. The van der Waals surface area contributed by atoms with Gasteiger partial charge in [0.15, 0.2) is 0 Å². The second-order valence-electron chi connectivity index (χ2n) is 10.6. The fourth-order valence-corrected chi connectivity index (χ4v) is 7.20. The molecule has 0 fully saturated rings. The van der Waals surface area contributed by atoms with Gasteiger partial charge in [-0.3, -0.25) is 0 Å². The molecule has 0 amide bonds. The van der Waals surface area contributed by atoms with Gasteiger partial charge in [-0.15, -0.1) is 0 Å². The molecular weight excluding hydrogens is 448 g/mol. The summed E-state index contributed by atoms with van der Waals surface area (Å²) in [4.78, 5) is 0. The maximum absolute atomic E-state index is 6.56. The van der Waals surface area contributed by atoms with Gasteiger partial charge in [0.2, 0.25) is 0 Å². The zero-order chi connectivity index (χ0) is 24.1. The molecule has 0 radical (unpaired) electrons. The summed E-state index contributed by atoms with van der Waals surface area (Å²) in [5, 5.41) is 10.2. The molecule has 9 rings (SSSR count). The van der Waals surface area contributed by atoms with Gasteiger partial charge >= 0.3 is 0 Å². The average Bonchev–Trinajstić information content (AvgIpc) is 3.36. The lowest BCUT2D eigenvalue weighted by Gasteiger charge is -2.25. The van der Waals surface area contributed by atoms with Crippen molar-refractivity contribution in [1.82, 2.24) is 0 Å². The lowest BCUT2D eigenvalue weighted by Crippen LogP contribution is -2.07. The molecule has 0 unspecified atom stereocenters. The number of para-hydroxylation sites is 1. The summed E-state index contributed by atoms with van der Waals surface area (Å²) < 4.78 is 6.56. The molecule has 0 bridgehead atoms. The highest BCUT2D eigenvalue weighted by molar-refractivity contribution is 6.37. The molecule has 0 saturated heterocycles. The summed E-state index contributed by atoms with van der Waals surface area (Å²) in [5.74, 6) is 0. The Bertz CT molecular complexity index is 2130. The molecular formula is C36H24O. The monoisotopic (exact) mass is 472 g/mol. The summed E-state index contributed by atoms with van der Waals surface area (Å²) >= 11 is 0. The number of hydrogen-bond donors (Lipinski definition) is 0. The number of rotatable bonds is 1. The molecule has 0 saturated carbocycles. The standard InChI is InChI=1S/C36H24O/c1-2-11-23-21(9-1)19-30(25-13-4-3-12-24(23)25)31-20-22-10-7-16-28-33(22)34-26(31)15-8-17-29(34)36-35(28)27-14-5-6-18-32(27)37-36/h1,4-10,13-20H,2-3,11-12H2. The maximum atomic E-state index is 6.56. The number of furan rings is 1.